The fourth-order valence-corrected chi connectivity index (χ4v) is 5.79. The van der Waals surface area contributed by atoms with Gasteiger partial charge >= 0.3 is 0 Å². The van der Waals surface area contributed by atoms with E-state index in [1.165, 1.54) is 27.8 Å². The molecule has 2 aromatic heterocycles. The smallest absolute Gasteiger partial charge is 0.227 e. The Kier molecular flexibility index (Phi) is 5.69. The molecule has 0 saturated carbocycles. The Morgan fingerprint density at radius 1 is 1.03 bits per heavy atom. The Morgan fingerprint density at radius 3 is 2.80 bits per heavy atom. The Morgan fingerprint density at radius 2 is 1.94 bits per heavy atom. The second kappa shape index (κ2) is 9.00. The summed E-state index contributed by atoms with van der Waals surface area (Å²) >= 11 is 0. The van der Waals surface area contributed by atoms with Crippen LogP contribution < -0.4 is 0 Å². The summed E-state index contributed by atoms with van der Waals surface area (Å²) in [6.45, 7) is 8.32. The summed E-state index contributed by atoms with van der Waals surface area (Å²) in [7, 11) is 0. The molecule has 6 rings (SSSR count). The first-order valence-electron chi connectivity index (χ1n) is 12.6. The van der Waals surface area contributed by atoms with E-state index < -0.39 is 0 Å². The Bertz CT molecular complexity index is 1330. The monoisotopic (exact) mass is 465 g/mol. The summed E-state index contributed by atoms with van der Waals surface area (Å²) in [5.74, 6) is 0.252. The molecule has 0 aliphatic carbocycles. The second-order valence-corrected chi connectivity index (χ2v) is 10.1. The lowest BCUT2D eigenvalue weighted by atomic mass is 9.90. The lowest BCUT2D eigenvalue weighted by Gasteiger charge is -2.41. The standard InChI is InChI=1S/C29H31N5O/c1-19-5-3-8-31-27(19)18-33-10-4-6-25(17-33)34-16-24-13-26-23(12-22(24)14-28(34)35)15-32-29(26)21-7-9-30-20(2)11-21/h3,5,7-9,11-13,25H,4,6,10,14-18H2,1-2H3/t25-/m1/s1. The first-order valence-corrected chi connectivity index (χ1v) is 12.6. The maximum absolute atomic E-state index is 13.3. The molecule has 35 heavy (non-hydrogen) atoms. The van der Waals surface area contributed by atoms with Gasteiger partial charge in [0, 0.05) is 54.9 Å². The number of hydrogen-bond donors (Lipinski definition) is 0. The molecule has 0 N–H and O–H groups in total. The highest BCUT2D eigenvalue weighted by atomic mass is 16.2. The van der Waals surface area contributed by atoms with Gasteiger partial charge < -0.3 is 4.90 Å². The van der Waals surface area contributed by atoms with Crippen molar-refractivity contribution in [3.63, 3.8) is 0 Å². The quantitative estimate of drug-likeness (QED) is 0.585. The van der Waals surface area contributed by atoms with Crippen LogP contribution in [0.15, 0.2) is 53.8 Å². The highest BCUT2D eigenvalue weighted by Crippen LogP contribution is 2.32. The van der Waals surface area contributed by atoms with Crippen LogP contribution in [0.2, 0.25) is 0 Å². The van der Waals surface area contributed by atoms with Crippen molar-refractivity contribution in [2.24, 2.45) is 4.99 Å². The van der Waals surface area contributed by atoms with Crippen LogP contribution >= 0.6 is 0 Å². The van der Waals surface area contributed by atoms with Gasteiger partial charge in [-0.3, -0.25) is 24.7 Å². The molecule has 178 valence electrons. The van der Waals surface area contributed by atoms with Crippen LogP contribution in [0.25, 0.3) is 0 Å². The van der Waals surface area contributed by atoms with Gasteiger partial charge in [-0.25, -0.2) is 0 Å². The third kappa shape index (κ3) is 4.27. The molecular weight excluding hydrogens is 434 g/mol. The second-order valence-electron chi connectivity index (χ2n) is 10.1. The number of likely N-dealkylation sites (tertiary alicyclic amines) is 1. The lowest BCUT2D eigenvalue weighted by Crippen LogP contribution is -2.51. The summed E-state index contributed by atoms with van der Waals surface area (Å²) in [4.78, 5) is 31.6. The van der Waals surface area contributed by atoms with Crippen LogP contribution in [-0.4, -0.2) is 50.5 Å². The maximum atomic E-state index is 13.3. The van der Waals surface area contributed by atoms with Crippen molar-refractivity contribution in [1.82, 2.24) is 19.8 Å². The van der Waals surface area contributed by atoms with Gasteiger partial charge in [0.05, 0.1) is 24.4 Å². The molecule has 1 saturated heterocycles. The lowest BCUT2D eigenvalue weighted by molar-refractivity contribution is -0.135. The number of carbonyl (C=O) groups is 1. The van der Waals surface area contributed by atoms with E-state index in [-0.39, 0.29) is 11.9 Å². The van der Waals surface area contributed by atoms with E-state index >= 15 is 0 Å². The fourth-order valence-electron chi connectivity index (χ4n) is 5.79. The third-order valence-electron chi connectivity index (χ3n) is 7.67. The third-order valence-corrected chi connectivity index (χ3v) is 7.67. The molecule has 3 aromatic rings. The topological polar surface area (TPSA) is 61.7 Å². The van der Waals surface area contributed by atoms with Crippen molar-refractivity contribution in [1.29, 1.82) is 0 Å². The number of nitrogens with zero attached hydrogens (tertiary/aromatic N) is 5. The summed E-state index contributed by atoms with van der Waals surface area (Å²) in [5, 5.41) is 0. The number of carbonyl (C=O) groups excluding carboxylic acids is 1. The van der Waals surface area contributed by atoms with E-state index in [1.54, 1.807) is 0 Å². The molecule has 3 aliphatic rings. The number of pyridine rings is 2. The number of rotatable bonds is 4. The van der Waals surface area contributed by atoms with Gasteiger partial charge in [0.1, 0.15) is 0 Å². The summed E-state index contributed by atoms with van der Waals surface area (Å²) in [5.41, 5.74) is 10.4. The number of fused-ring (bicyclic) bond motifs is 2. The van der Waals surface area contributed by atoms with E-state index in [0.29, 0.717) is 19.5 Å². The van der Waals surface area contributed by atoms with E-state index in [4.69, 9.17) is 4.99 Å². The predicted molar refractivity (Wildman–Crippen MR) is 136 cm³/mol. The number of aromatic nitrogens is 2. The molecule has 3 aliphatic heterocycles. The van der Waals surface area contributed by atoms with Crippen LogP contribution in [0.1, 0.15) is 57.6 Å². The van der Waals surface area contributed by atoms with Crippen LogP contribution in [0.5, 0.6) is 0 Å². The first kappa shape index (κ1) is 22.1. The number of hydrogen-bond acceptors (Lipinski definition) is 5. The molecule has 0 bridgehead atoms. The van der Waals surface area contributed by atoms with Gasteiger partial charge in [0.2, 0.25) is 5.91 Å². The van der Waals surface area contributed by atoms with Gasteiger partial charge in [-0.1, -0.05) is 12.1 Å². The molecule has 1 atom stereocenters. The molecule has 6 heteroatoms. The van der Waals surface area contributed by atoms with Crippen molar-refractivity contribution in [3.05, 3.63) is 93.6 Å². The minimum absolute atomic E-state index is 0.248. The van der Waals surface area contributed by atoms with Crippen LogP contribution in [0.3, 0.4) is 0 Å². The maximum Gasteiger partial charge on any atom is 0.227 e. The van der Waals surface area contributed by atoms with E-state index in [9.17, 15) is 4.79 Å². The van der Waals surface area contributed by atoms with Crippen molar-refractivity contribution < 1.29 is 4.79 Å². The first-order chi connectivity index (χ1) is 17.0. The van der Waals surface area contributed by atoms with E-state index in [2.05, 4.69) is 51.0 Å². The Labute approximate surface area is 206 Å². The van der Waals surface area contributed by atoms with Crippen molar-refractivity contribution in [3.8, 4) is 0 Å². The minimum Gasteiger partial charge on any atom is -0.334 e. The molecule has 0 unspecified atom stereocenters. The molecule has 1 fully saturated rings. The SMILES string of the molecule is Cc1cc(C2=NCc3cc4c(cc32)CN([C@@H]2CCCN(Cc3ncccc3C)C2)C(=O)C4)ccn1. The Hall–Kier alpha value is -3.38. The zero-order chi connectivity index (χ0) is 23.9. The molecule has 0 radical (unpaired) electrons. The van der Waals surface area contributed by atoms with Crippen LogP contribution in [-0.2, 0) is 30.8 Å². The number of benzene rings is 1. The number of aliphatic imine (C=N–C) groups is 1. The summed E-state index contributed by atoms with van der Waals surface area (Å²) < 4.78 is 0. The molecule has 1 amide bonds. The number of piperidine rings is 1. The fraction of sp³-hybridized carbons (Fsp3) is 0.379. The zero-order valence-electron chi connectivity index (χ0n) is 20.5. The normalized spacial score (nSPS) is 19.9. The largest absolute Gasteiger partial charge is 0.334 e. The highest BCUT2D eigenvalue weighted by Gasteiger charge is 2.33. The number of amides is 1. The average Bonchev–Trinajstić information content (AvgIpc) is 3.26. The van der Waals surface area contributed by atoms with Gasteiger partial charge in [0.25, 0.3) is 0 Å². The van der Waals surface area contributed by atoms with E-state index in [1.807, 2.05) is 31.5 Å². The van der Waals surface area contributed by atoms with Crippen molar-refractivity contribution in [2.75, 3.05) is 13.1 Å². The number of aryl methyl sites for hydroxylation is 2. The van der Waals surface area contributed by atoms with Crippen molar-refractivity contribution >= 4 is 11.6 Å². The molecule has 1 aromatic carbocycles. The van der Waals surface area contributed by atoms with Crippen molar-refractivity contribution in [2.45, 2.75) is 58.8 Å². The Balaban J connectivity index is 1.22. The average molecular weight is 466 g/mol. The molecule has 6 nitrogen and oxygen atoms in total. The van der Waals surface area contributed by atoms with Crippen LogP contribution in [0, 0.1) is 13.8 Å². The van der Waals surface area contributed by atoms with Gasteiger partial charge in [-0.2, -0.15) is 0 Å². The molecule has 5 heterocycles. The predicted octanol–water partition coefficient (Wildman–Crippen LogP) is 3.99. The van der Waals surface area contributed by atoms with Gasteiger partial charge in [-0.15, -0.1) is 0 Å². The minimum atomic E-state index is 0.248. The summed E-state index contributed by atoms with van der Waals surface area (Å²) in [6.07, 6.45) is 6.38. The molecular formula is C29H31N5O. The van der Waals surface area contributed by atoms with Crippen LogP contribution in [0.4, 0.5) is 0 Å². The van der Waals surface area contributed by atoms with E-state index in [0.717, 1.165) is 55.1 Å². The molecule has 0 spiro atoms. The summed E-state index contributed by atoms with van der Waals surface area (Å²) in [6, 6.07) is 13.0. The highest BCUT2D eigenvalue weighted by molar-refractivity contribution is 6.15. The van der Waals surface area contributed by atoms with Gasteiger partial charge in [0.15, 0.2) is 0 Å². The zero-order valence-corrected chi connectivity index (χ0v) is 20.5. The van der Waals surface area contributed by atoms with Gasteiger partial charge in [-0.05, 0) is 79.8 Å².